The van der Waals surface area contributed by atoms with Gasteiger partial charge in [-0.05, 0) is 38.1 Å². The average molecular weight is 386 g/mol. The quantitative estimate of drug-likeness (QED) is 0.750. The molecule has 1 amide bonds. The van der Waals surface area contributed by atoms with Crippen LogP contribution >= 0.6 is 24.8 Å². The Morgan fingerprint density at radius 3 is 2.76 bits per heavy atom. The number of furan rings is 1. The molecular weight excluding hydrogens is 361 g/mol. The van der Waals surface area contributed by atoms with Crippen LogP contribution in [0.2, 0.25) is 0 Å². The minimum Gasteiger partial charge on any atom is -0.467 e. The van der Waals surface area contributed by atoms with Crippen LogP contribution in [-0.4, -0.2) is 32.1 Å². The zero-order valence-electron chi connectivity index (χ0n) is 14.5. The van der Waals surface area contributed by atoms with E-state index >= 15 is 0 Å². The summed E-state index contributed by atoms with van der Waals surface area (Å²) in [6.45, 7) is 4.16. The maximum Gasteiger partial charge on any atom is 0.254 e. The summed E-state index contributed by atoms with van der Waals surface area (Å²) < 4.78 is 5.60. The highest BCUT2D eigenvalue weighted by molar-refractivity contribution is 5.95. The normalized spacial score (nSPS) is 15.1. The topological polar surface area (TPSA) is 57.5 Å². The van der Waals surface area contributed by atoms with Gasteiger partial charge in [0.15, 0.2) is 0 Å². The van der Waals surface area contributed by atoms with Gasteiger partial charge in [0, 0.05) is 24.8 Å². The molecule has 7 heteroatoms. The van der Waals surface area contributed by atoms with Crippen LogP contribution in [0, 0.1) is 0 Å². The second-order valence-corrected chi connectivity index (χ2v) is 5.93. The number of amides is 1. The zero-order valence-corrected chi connectivity index (χ0v) is 16.1. The van der Waals surface area contributed by atoms with Crippen molar-refractivity contribution in [1.29, 1.82) is 0 Å². The summed E-state index contributed by atoms with van der Waals surface area (Å²) in [6, 6.07) is 10.6. The molecule has 25 heavy (non-hydrogen) atoms. The van der Waals surface area contributed by atoms with Crippen molar-refractivity contribution in [1.82, 2.24) is 10.6 Å². The molecule has 1 aromatic carbocycles. The fraction of sp³-hybridized carbons (Fsp3) is 0.389. The molecule has 0 bridgehead atoms. The van der Waals surface area contributed by atoms with Crippen LogP contribution in [-0.2, 0) is 13.0 Å². The van der Waals surface area contributed by atoms with Gasteiger partial charge in [0.05, 0.1) is 18.4 Å². The Morgan fingerprint density at radius 2 is 2.00 bits per heavy atom. The first-order chi connectivity index (χ1) is 11.2. The van der Waals surface area contributed by atoms with Crippen LogP contribution in [0.1, 0.15) is 28.6 Å². The van der Waals surface area contributed by atoms with Crippen LogP contribution in [0.4, 0.5) is 5.69 Å². The van der Waals surface area contributed by atoms with Crippen LogP contribution in [0.15, 0.2) is 41.0 Å². The van der Waals surface area contributed by atoms with Gasteiger partial charge in [-0.3, -0.25) is 4.79 Å². The molecule has 5 nitrogen and oxygen atoms in total. The van der Waals surface area contributed by atoms with Gasteiger partial charge < -0.3 is 20.0 Å². The molecule has 1 atom stereocenters. The van der Waals surface area contributed by atoms with Crippen LogP contribution in [0.25, 0.3) is 0 Å². The third-order valence-corrected chi connectivity index (χ3v) is 4.31. The molecule has 0 spiro atoms. The number of anilines is 1. The fourth-order valence-electron chi connectivity index (χ4n) is 3.09. The molecule has 2 aromatic rings. The molecule has 1 aliphatic rings. The van der Waals surface area contributed by atoms with Crippen molar-refractivity contribution in [2.45, 2.75) is 25.9 Å². The number of likely N-dealkylation sites (N-methyl/N-ethyl adjacent to an activating group) is 1. The highest BCUT2D eigenvalue weighted by atomic mass is 35.5. The van der Waals surface area contributed by atoms with E-state index in [0.29, 0.717) is 24.7 Å². The number of fused-ring (bicyclic) bond motifs is 1. The molecular formula is C18H25Cl2N3O2. The molecule has 1 aromatic heterocycles. The smallest absolute Gasteiger partial charge is 0.254 e. The number of carbonyl (C=O) groups excluding carboxylic acids is 1. The minimum absolute atomic E-state index is 0. The van der Waals surface area contributed by atoms with E-state index in [9.17, 15) is 4.79 Å². The number of halogens is 2. The summed E-state index contributed by atoms with van der Waals surface area (Å²) in [7, 11) is 1.86. The number of para-hydroxylation sites is 1. The summed E-state index contributed by atoms with van der Waals surface area (Å²) in [6.07, 6.45) is 2.62. The van der Waals surface area contributed by atoms with Gasteiger partial charge in [0.1, 0.15) is 5.76 Å². The lowest BCUT2D eigenvalue weighted by Gasteiger charge is -2.24. The molecule has 138 valence electrons. The van der Waals surface area contributed by atoms with Crippen molar-refractivity contribution in [2.24, 2.45) is 0 Å². The van der Waals surface area contributed by atoms with Crippen LogP contribution in [0.3, 0.4) is 0 Å². The maximum absolute atomic E-state index is 12.3. The lowest BCUT2D eigenvalue weighted by molar-refractivity contribution is 0.0952. The summed E-state index contributed by atoms with van der Waals surface area (Å²) in [5.41, 5.74) is 3.21. The van der Waals surface area contributed by atoms with E-state index < -0.39 is 0 Å². The van der Waals surface area contributed by atoms with Crippen molar-refractivity contribution in [3.63, 3.8) is 0 Å². The Bertz CT molecular complexity index is 690. The second-order valence-electron chi connectivity index (χ2n) is 5.93. The van der Waals surface area contributed by atoms with Gasteiger partial charge in [-0.15, -0.1) is 24.8 Å². The predicted molar refractivity (Wildman–Crippen MR) is 105 cm³/mol. The molecule has 0 aliphatic carbocycles. The van der Waals surface area contributed by atoms with Crippen molar-refractivity contribution in [2.75, 3.05) is 25.0 Å². The first-order valence-corrected chi connectivity index (χ1v) is 8.04. The Morgan fingerprint density at radius 1 is 1.24 bits per heavy atom. The third-order valence-electron chi connectivity index (χ3n) is 4.31. The summed E-state index contributed by atoms with van der Waals surface area (Å²) >= 11 is 0. The Balaban J connectivity index is 0.00000156. The van der Waals surface area contributed by atoms with E-state index in [1.165, 1.54) is 11.3 Å². The average Bonchev–Trinajstić information content (AvgIpc) is 3.13. The highest BCUT2D eigenvalue weighted by Crippen LogP contribution is 2.33. The van der Waals surface area contributed by atoms with Gasteiger partial charge in [-0.1, -0.05) is 18.2 Å². The number of nitrogens with one attached hydrogen (secondary N) is 2. The third kappa shape index (κ3) is 4.69. The molecule has 1 unspecified atom stereocenters. The van der Waals surface area contributed by atoms with Gasteiger partial charge >= 0.3 is 0 Å². The lowest BCUT2D eigenvalue weighted by Crippen LogP contribution is -2.32. The lowest BCUT2D eigenvalue weighted by atomic mass is 10.1. The number of hydrogen-bond donors (Lipinski definition) is 2. The number of carbonyl (C=O) groups is 1. The fourth-order valence-corrected chi connectivity index (χ4v) is 3.09. The van der Waals surface area contributed by atoms with E-state index in [1.54, 1.807) is 12.3 Å². The standard InChI is InChI=1S/C18H23N3O2.2ClH/c1-13-11-14-5-3-4-6-16(14)21(13)12-17-15(7-10-23-17)18(22)20-9-8-19-2;;/h3-7,10,13,19H,8-9,11-12H2,1-2H3,(H,20,22);2*1H. The van der Waals surface area contributed by atoms with Gasteiger partial charge in [-0.25, -0.2) is 0 Å². The molecule has 0 saturated carbocycles. The SMILES string of the molecule is CNCCNC(=O)c1ccoc1CN1c2ccccc2CC1C.Cl.Cl. The molecule has 0 fully saturated rings. The summed E-state index contributed by atoms with van der Waals surface area (Å²) in [4.78, 5) is 14.6. The molecule has 1 aliphatic heterocycles. The number of hydrogen-bond acceptors (Lipinski definition) is 4. The van der Waals surface area contributed by atoms with Crippen molar-refractivity contribution in [3.05, 3.63) is 53.5 Å². The first kappa shape index (κ1) is 21.4. The van der Waals surface area contributed by atoms with Crippen molar-refractivity contribution >= 4 is 36.4 Å². The van der Waals surface area contributed by atoms with Crippen molar-refractivity contribution in [3.8, 4) is 0 Å². The van der Waals surface area contributed by atoms with Crippen LogP contribution in [0.5, 0.6) is 0 Å². The van der Waals surface area contributed by atoms with Crippen molar-refractivity contribution < 1.29 is 9.21 Å². The summed E-state index contributed by atoms with van der Waals surface area (Å²) in [5, 5.41) is 5.91. The largest absolute Gasteiger partial charge is 0.467 e. The van der Waals surface area contributed by atoms with Gasteiger partial charge in [-0.2, -0.15) is 0 Å². The molecule has 2 heterocycles. The van der Waals surface area contributed by atoms with E-state index in [0.717, 1.165) is 18.7 Å². The molecule has 0 radical (unpaired) electrons. The highest BCUT2D eigenvalue weighted by Gasteiger charge is 2.27. The minimum atomic E-state index is -0.0795. The zero-order chi connectivity index (χ0) is 16.2. The van der Waals surface area contributed by atoms with E-state index in [-0.39, 0.29) is 30.7 Å². The second kappa shape index (κ2) is 9.70. The van der Waals surface area contributed by atoms with Gasteiger partial charge in [0.2, 0.25) is 0 Å². The Kier molecular flexibility index (Phi) is 8.29. The number of nitrogens with zero attached hydrogens (tertiary/aromatic N) is 1. The molecule has 2 N–H and O–H groups in total. The van der Waals surface area contributed by atoms with Gasteiger partial charge in [0.25, 0.3) is 5.91 Å². The maximum atomic E-state index is 12.3. The number of rotatable bonds is 6. The molecule has 3 rings (SSSR count). The van der Waals surface area contributed by atoms with Crippen LogP contribution < -0.4 is 15.5 Å². The molecule has 0 saturated heterocycles. The monoisotopic (exact) mass is 385 g/mol. The first-order valence-electron chi connectivity index (χ1n) is 8.04. The predicted octanol–water partition coefficient (Wildman–Crippen LogP) is 3.02. The Hall–Kier alpha value is -1.69. The number of benzene rings is 1. The Labute approximate surface area is 161 Å². The van der Waals surface area contributed by atoms with E-state index in [1.807, 2.05) is 7.05 Å². The summed E-state index contributed by atoms with van der Waals surface area (Å²) in [5.74, 6) is 0.639. The van der Waals surface area contributed by atoms with E-state index in [2.05, 4.69) is 46.7 Å². The van der Waals surface area contributed by atoms with E-state index in [4.69, 9.17) is 4.42 Å².